The number of aliphatic hydroxyl groups is 1. The van der Waals surface area contributed by atoms with Crippen molar-refractivity contribution in [1.82, 2.24) is 21.3 Å². The Bertz CT molecular complexity index is 526. The van der Waals surface area contributed by atoms with E-state index in [0.29, 0.717) is 12.8 Å². The Hall–Kier alpha value is -3.00. The zero-order valence-electron chi connectivity index (χ0n) is 19.2. The summed E-state index contributed by atoms with van der Waals surface area (Å²) in [5.41, 5.74) is 0. The number of hydrogen-bond acceptors (Lipinski definition) is 10. The fraction of sp³-hybridized carbons (Fsp3) is 0.826. The molecule has 0 heterocycles. The lowest BCUT2D eigenvalue weighted by Crippen LogP contribution is -2.38. The van der Waals surface area contributed by atoms with Crippen molar-refractivity contribution in [2.75, 3.05) is 65.8 Å². The van der Waals surface area contributed by atoms with E-state index in [1.165, 1.54) is 0 Å². The monoisotopic (exact) mass is 544 g/mol. The SMILES string of the molecule is C.C.C.C.CCOC(=O)NCCNC(=O)OCC(COC(=O)NCCNC(=O)OCC)OCCCCO. The lowest BCUT2D eigenvalue weighted by atomic mass is 10.3. The number of unbranched alkanes of at least 4 members (excludes halogenated alkanes) is 1. The van der Waals surface area contributed by atoms with Crippen LogP contribution >= 0.6 is 0 Å². The van der Waals surface area contributed by atoms with E-state index in [0.717, 1.165) is 0 Å². The third-order valence-corrected chi connectivity index (χ3v) is 3.58. The molecule has 0 aliphatic carbocycles. The second-order valence-corrected chi connectivity index (χ2v) is 6.27. The summed E-state index contributed by atoms with van der Waals surface area (Å²) in [7, 11) is 0. The molecule has 0 aliphatic rings. The van der Waals surface area contributed by atoms with Crippen LogP contribution in [0.4, 0.5) is 19.2 Å². The van der Waals surface area contributed by atoms with Crippen molar-refractivity contribution >= 4 is 24.4 Å². The Morgan fingerprint density at radius 3 is 1.30 bits per heavy atom. The highest BCUT2D eigenvalue weighted by Crippen LogP contribution is 2.00. The summed E-state index contributed by atoms with van der Waals surface area (Å²) in [4.78, 5) is 45.8. The number of carbonyl (C=O) groups excluding carboxylic acids is 4. The summed E-state index contributed by atoms with van der Waals surface area (Å²) < 4.78 is 25.0. The first kappa shape index (κ1) is 44.0. The van der Waals surface area contributed by atoms with Crippen molar-refractivity contribution in [3.05, 3.63) is 0 Å². The van der Waals surface area contributed by atoms with Crippen LogP contribution in [0.15, 0.2) is 0 Å². The zero-order chi connectivity index (χ0) is 24.7. The Balaban J connectivity index is -0.000000853. The summed E-state index contributed by atoms with van der Waals surface area (Å²) in [6.45, 7) is 4.31. The van der Waals surface area contributed by atoms with E-state index in [9.17, 15) is 19.2 Å². The van der Waals surface area contributed by atoms with Gasteiger partial charge in [0.1, 0.15) is 19.3 Å². The molecule has 0 fully saturated rings. The topological polar surface area (TPSA) is 183 Å². The summed E-state index contributed by atoms with van der Waals surface area (Å²) >= 11 is 0. The van der Waals surface area contributed by atoms with Crippen LogP contribution in [0, 0.1) is 0 Å². The predicted molar refractivity (Wildman–Crippen MR) is 142 cm³/mol. The molecule has 0 atom stereocenters. The van der Waals surface area contributed by atoms with Crippen LogP contribution in [-0.4, -0.2) is 101 Å². The molecule has 0 aromatic heterocycles. The number of aliphatic hydroxyl groups excluding tert-OH is 1. The normalized spacial score (nSPS) is 9.08. The highest BCUT2D eigenvalue weighted by atomic mass is 16.6. The van der Waals surface area contributed by atoms with E-state index in [1.807, 2.05) is 0 Å². The molecule has 0 spiro atoms. The molecule has 5 N–H and O–H groups in total. The number of carbonyl (C=O) groups is 4. The van der Waals surface area contributed by atoms with Crippen LogP contribution in [-0.2, 0) is 23.7 Å². The molecule has 0 aromatic carbocycles. The zero-order valence-corrected chi connectivity index (χ0v) is 19.2. The molecule has 0 unspecified atom stereocenters. The lowest BCUT2D eigenvalue weighted by Gasteiger charge is -2.18. The molecular formula is C23H52N4O10. The Morgan fingerprint density at radius 1 is 0.622 bits per heavy atom. The summed E-state index contributed by atoms with van der Waals surface area (Å²) in [5, 5.41) is 18.6. The van der Waals surface area contributed by atoms with Gasteiger partial charge in [0.05, 0.1) is 13.2 Å². The molecule has 14 heteroatoms. The Kier molecular flexibility index (Phi) is 36.9. The van der Waals surface area contributed by atoms with Gasteiger partial charge in [-0.2, -0.15) is 0 Å². The van der Waals surface area contributed by atoms with Gasteiger partial charge in [0.25, 0.3) is 0 Å². The number of alkyl carbamates (subject to hydrolysis) is 4. The first-order valence-electron chi connectivity index (χ1n) is 10.8. The smallest absolute Gasteiger partial charge is 0.407 e. The molecular weight excluding hydrogens is 492 g/mol. The van der Waals surface area contributed by atoms with Gasteiger partial charge in [-0.1, -0.05) is 29.7 Å². The Morgan fingerprint density at radius 2 is 0.973 bits per heavy atom. The van der Waals surface area contributed by atoms with Crippen LogP contribution in [0.25, 0.3) is 0 Å². The molecule has 37 heavy (non-hydrogen) atoms. The average Bonchev–Trinajstić information content (AvgIpc) is 2.78. The molecule has 0 bridgehead atoms. The maximum Gasteiger partial charge on any atom is 0.407 e. The number of hydrogen-bond donors (Lipinski definition) is 5. The van der Waals surface area contributed by atoms with Crippen molar-refractivity contribution in [2.45, 2.75) is 62.5 Å². The minimum atomic E-state index is -0.737. The number of rotatable bonds is 17. The fourth-order valence-corrected chi connectivity index (χ4v) is 2.07. The van der Waals surface area contributed by atoms with E-state index in [-0.39, 0.29) is 95.5 Å². The van der Waals surface area contributed by atoms with Gasteiger partial charge in [-0.3, -0.25) is 0 Å². The maximum absolute atomic E-state index is 11.8. The van der Waals surface area contributed by atoms with E-state index in [2.05, 4.69) is 30.7 Å². The quantitative estimate of drug-likeness (QED) is 0.135. The van der Waals surface area contributed by atoms with Crippen LogP contribution < -0.4 is 21.3 Å². The molecule has 0 aromatic rings. The van der Waals surface area contributed by atoms with Gasteiger partial charge in [-0.05, 0) is 26.7 Å². The molecule has 0 saturated heterocycles. The highest BCUT2D eigenvalue weighted by molar-refractivity contribution is 5.69. The third kappa shape index (κ3) is 29.1. The van der Waals surface area contributed by atoms with Gasteiger partial charge in [0.2, 0.25) is 0 Å². The first-order chi connectivity index (χ1) is 15.9. The van der Waals surface area contributed by atoms with Gasteiger partial charge in [-0.15, -0.1) is 0 Å². The van der Waals surface area contributed by atoms with Gasteiger partial charge < -0.3 is 50.1 Å². The molecule has 0 saturated carbocycles. The van der Waals surface area contributed by atoms with E-state index in [1.54, 1.807) is 13.8 Å². The fourth-order valence-electron chi connectivity index (χ4n) is 2.07. The molecule has 0 aliphatic heterocycles. The molecule has 14 nitrogen and oxygen atoms in total. The first-order valence-corrected chi connectivity index (χ1v) is 10.8. The summed E-state index contributed by atoms with van der Waals surface area (Å²) in [6, 6.07) is 0. The van der Waals surface area contributed by atoms with Crippen molar-refractivity contribution in [2.24, 2.45) is 0 Å². The second-order valence-electron chi connectivity index (χ2n) is 6.27. The Labute approximate surface area is 222 Å². The van der Waals surface area contributed by atoms with Crippen molar-refractivity contribution < 1.29 is 48.0 Å². The van der Waals surface area contributed by atoms with E-state index >= 15 is 0 Å². The van der Waals surface area contributed by atoms with Gasteiger partial charge in [-0.25, -0.2) is 19.2 Å². The summed E-state index contributed by atoms with van der Waals surface area (Å²) in [5.74, 6) is 0. The van der Waals surface area contributed by atoms with Crippen LogP contribution in [0.1, 0.15) is 56.4 Å². The standard InChI is InChI=1S/C19H36N4O10.4CH4/c1-3-29-16(25)20-7-9-22-18(27)32-13-15(31-12-6-5-11-24)14-33-19(28)23-10-8-21-17(26)30-4-2;;;;/h15,24H,3-14H2,1-2H3,(H,20,25)(H,21,26)(H,22,27)(H,23,28);4*1H4. The molecule has 224 valence electrons. The third-order valence-electron chi connectivity index (χ3n) is 3.58. The van der Waals surface area contributed by atoms with Crippen molar-refractivity contribution in [3.63, 3.8) is 0 Å². The maximum atomic E-state index is 11.8. The molecule has 0 radical (unpaired) electrons. The highest BCUT2D eigenvalue weighted by Gasteiger charge is 2.15. The van der Waals surface area contributed by atoms with E-state index < -0.39 is 30.5 Å². The van der Waals surface area contributed by atoms with Crippen molar-refractivity contribution in [3.8, 4) is 0 Å². The van der Waals surface area contributed by atoms with Crippen LogP contribution in [0.3, 0.4) is 0 Å². The summed E-state index contributed by atoms with van der Waals surface area (Å²) in [6.07, 6.45) is -2.26. The molecule has 4 amide bonds. The minimum Gasteiger partial charge on any atom is -0.450 e. The molecule has 0 rings (SSSR count). The van der Waals surface area contributed by atoms with E-state index in [4.69, 9.17) is 19.3 Å². The minimum absolute atomic E-state index is 0. The van der Waals surface area contributed by atoms with Crippen LogP contribution in [0.5, 0.6) is 0 Å². The lowest BCUT2D eigenvalue weighted by molar-refractivity contribution is -0.0301. The van der Waals surface area contributed by atoms with Gasteiger partial charge in [0, 0.05) is 39.4 Å². The number of ether oxygens (including phenoxy) is 5. The van der Waals surface area contributed by atoms with Gasteiger partial charge >= 0.3 is 24.4 Å². The second kappa shape index (κ2) is 31.0. The predicted octanol–water partition coefficient (Wildman–Crippen LogP) is 2.63. The van der Waals surface area contributed by atoms with Crippen molar-refractivity contribution in [1.29, 1.82) is 0 Å². The number of nitrogens with one attached hydrogen (secondary N) is 4. The van der Waals surface area contributed by atoms with Gasteiger partial charge in [0.15, 0.2) is 0 Å². The largest absolute Gasteiger partial charge is 0.450 e. The average molecular weight is 545 g/mol. The number of amides is 4. The van der Waals surface area contributed by atoms with Crippen LogP contribution in [0.2, 0.25) is 0 Å².